The molecule has 1 aliphatic heterocycles. The fourth-order valence-corrected chi connectivity index (χ4v) is 3.99. The van der Waals surface area contributed by atoms with Crippen LogP contribution in [0.4, 0.5) is 20.6 Å². The first-order chi connectivity index (χ1) is 15.5. The molecule has 1 unspecified atom stereocenters. The number of aliphatic hydroxyl groups is 1. The van der Waals surface area contributed by atoms with Crippen LogP contribution in [0.2, 0.25) is 0 Å². The molecule has 32 heavy (non-hydrogen) atoms. The number of hydrogen-bond acceptors (Lipinski definition) is 4. The Bertz CT molecular complexity index is 1050. The van der Waals surface area contributed by atoms with Crippen LogP contribution in [0.15, 0.2) is 60.9 Å². The highest BCUT2D eigenvalue weighted by molar-refractivity contribution is 5.89. The van der Waals surface area contributed by atoms with Crippen LogP contribution >= 0.6 is 0 Å². The SMILES string of the molecule is CC(NC(=O)Nc1cnn(Cc2ccccc2)c1)c1cc(F)ccc1N1CCC(O)CC1. The van der Waals surface area contributed by atoms with Gasteiger partial charge in [0.25, 0.3) is 0 Å². The molecule has 3 aromatic rings. The van der Waals surface area contributed by atoms with Crippen LogP contribution in [-0.2, 0) is 6.54 Å². The van der Waals surface area contributed by atoms with E-state index in [-0.39, 0.29) is 18.0 Å². The first kappa shape index (κ1) is 21.8. The average molecular weight is 438 g/mol. The number of urea groups is 1. The summed E-state index contributed by atoms with van der Waals surface area (Å²) < 4.78 is 15.8. The van der Waals surface area contributed by atoms with Crippen molar-refractivity contribution in [2.75, 3.05) is 23.3 Å². The van der Waals surface area contributed by atoms with Crippen LogP contribution in [0.3, 0.4) is 0 Å². The lowest BCUT2D eigenvalue weighted by Gasteiger charge is -2.34. The Morgan fingerprint density at radius 2 is 1.97 bits per heavy atom. The third-order valence-corrected chi connectivity index (χ3v) is 5.69. The van der Waals surface area contributed by atoms with Gasteiger partial charge in [-0.15, -0.1) is 0 Å². The summed E-state index contributed by atoms with van der Waals surface area (Å²) in [6.07, 6.45) is 4.42. The number of amides is 2. The Labute approximate surface area is 186 Å². The summed E-state index contributed by atoms with van der Waals surface area (Å²) in [7, 11) is 0. The number of rotatable bonds is 6. The van der Waals surface area contributed by atoms with E-state index in [2.05, 4.69) is 20.6 Å². The molecular weight excluding hydrogens is 409 g/mol. The fourth-order valence-electron chi connectivity index (χ4n) is 3.99. The first-order valence-corrected chi connectivity index (χ1v) is 10.8. The highest BCUT2D eigenvalue weighted by Crippen LogP contribution is 2.29. The molecule has 1 aromatic heterocycles. The highest BCUT2D eigenvalue weighted by atomic mass is 19.1. The van der Waals surface area contributed by atoms with Gasteiger partial charge in [0.2, 0.25) is 0 Å². The van der Waals surface area contributed by atoms with Crippen molar-refractivity contribution in [2.24, 2.45) is 0 Å². The van der Waals surface area contributed by atoms with E-state index in [0.717, 1.165) is 11.3 Å². The number of nitrogens with one attached hydrogen (secondary N) is 2. The normalized spacial score (nSPS) is 15.4. The lowest BCUT2D eigenvalue weighted by atomic mass is 10.0. The third kappa shape index (κ3) is 5.45. The molecule has 1 saturated heterocycles. The number of benzene rings is 2. The number of carbonyl (C=O) groups excluding carboxylic acids is 1. The van der Waals surface area contributed by atoms with E-state index in [0.29, 0.717) is 43.7 Å². The number of piperidine rings is 1. The van der Waals surface area contributed by atoms with Crippen molar-refractivity contribution in [3.8, 4) is 0 Å². The molecule has 2 aromatic carbocycles. The van der Waals surface area contributed by atoms with Gasteiger partial charge in [-0.25, -0.2) is 9.18 Å². The zero-order valence-electron chi connectivity index (χ0n) is 18.0. The number of hydrogen-bond donors (Lipinski definition) is 3. The third-order valence-electron chi connectivity index (χ3n) is 5.69. The van der Waals surface area contributed by atoms with Crippen molar-refractivity contribution in [1.29, 1.82) is 0 Å². The van der Waals surface area contributed by atoms with Gasteiger partial charge in [0.1, 0.15) is 5.82 Å². The van der Waals surface area contributed by atoms with Crippen molar-refractivity contribution >= 4 is 17.4 Å². The van der Waals surface area contributed by atoms with E-state index in [4.69, 9.17) is 0 Å². The molecule has 0 bridgehead atoms. The van der Waals surface area contributed by atoms with Gasteiger partial charge in [-0.2, -0.15) is 5.10 Å². The molecule has 1 atom stereocenters. The zero-order chi connectivity index (χ0) is 22.5. The Morgan fingerprint density at radius 1 is 1.22 bits per heavy atom. The molecule has 0 radical (unpaired) electrons. The van der Waals surface area contributed by atoms with Crippen molar-refractivity contribution < 1.29 is 14.3 Å². The fraction of sp³-hybridized carbons (Fsp3) is 0.333. The molecule has 1 fully saturated rings. The molecule has 8 heteroatoms. The van der Waals surface area contributed by atoms with Crippen molar-refractivity contribution in [2.45, 2.75) is 38.5 Å². The molecule has 2 amide bonds. The van der Waals surface area contributed by atoms with E-state index in [1.54, 1.807) is 23.1 Å². The van der Waals surface area contributed by atoms with E-state index in [1.807, 2.05) is 37.3 Å². The highest BCUT2D eigenvalue weighted by Gasteiger charge is 2.22. The minimum absolute atomic E-state index is 0.292. The standard InChI is InChI=1S/C24H28FN5O2/c1-17(22-13-19(25)7-8-23(22)29-11-9-21(31)10-12-29)27-24(32)28-20-14-26-30(16-20)15-18-5-3-2-4-6-18/h2-8,13-14,16-17,21,31H,9-12,15H2,1H3,(H2,27,28,32). The predicted octanol–water partition coefficient (Wildman–Crippen LogP) is 3.91. The zero-order valence-corrected chi connectivity index (χ0v) is 18.0. The van der Waals surface area contributed by atoms with E-state index in [1.165, 1.54) is 12.1 Å². The maximum absolute atomic E-state index is 14.0. The molecule has 7 nitrogen and oxygen atoms in total. The summed E-state index contributed by atoms with van der Waals surface area (Å²) in [5.41, 5.74) is 3.28. The van der Waals surface area contributed by atoms with E-state index in [9.17, 15) is 14.3 Å². The molecule has 2 heterocycles. The summed E-state index contributed by atoms with van der Waals surface area (Å²) in [5, 5.41) is 19.8. The Balaban J connectivity index is 1.39. The number of anilines is 2. The largest absolute Gasteiger partial charge is 0.393 e. The second-order valence-corrected chi connectivity index (χ2v) is 8.15. The van der Waals surface area contributed by atoms with Crippen LogP contribution in [0.25, 0.3) is 0 Å². The number of nitrogens with zero attached hydrogens (tertiary/aromatic N) is 3. The van der Waals surface area contributed by atoms with Crippen LogP contribution < -0.4 is 15.5 Å². The van der Waals surface area contributed by atoms with Crippen molar-refractivity contribution in [3.05, 3.63) is 77.9 Å². The second-order valence-electron chi connectivity index (χ2n) is 8.15. The van der Waals surface area contributed by atoms with Gasteiger partial charge in [-0.05, 0) is 43.5 Å². The van der Waals surface area contributed by atoms with Crippen LogP contribution in [0, 0.1) is 5.82 Å². The molecular formula is C24H28FN5O2. The van der Waals surface area contributed by atoms with Gasteiger partial charge in [-0.1, -0.05) is 30.3 Å². The van der Waals surface area contributed by atoms with E-state index < -0.39 is 6.04 Å². The summed E-state index contributed by atoms with van der Waals surface area (Å²) in [6.45, 7) is 3.83. The molecule has 0 spiro atoms. The van der Waals surface area contributed by atoms with Gasteiger partial charge in [-0.3, -0.25) is 4.68 Å². The first-order valence-electron chi connectivity index (χ1n) is 10.8. The molecule has 4 rings (SSSR count). The lowest BCUT2D eigenvalue weighted by Crippen LogP contribution is -2.37. The summed E-state index contributed by atoms with van der Waals surface area (Å²) in [6, 6.07) is 13.8. The molecule has 0 saturated carbocycles. The maximum atomic E-state index is 14.0. The van der Waals surface area contributed by atoms with Crippen LogP contribution in [0.1, 0.15) is 36.9 Å². The van der Waals surface area contributed by atoms with E-state index >= 15 is 0 Å². The predicted molar refractivity (Wildman–Crippen MR) is 122 cm³/mol. The summed E-state index contributed by atoms with van der Waals surface area (Å²) >= 11 is 0. The Hall–Kier alpha value is -3.39. The van der Waals surface area contributed by atoms with Crippen molar-refractivity contribution in [3.63, 3.8) is 0 Å². The summed E-state index contributed by atoms with van der Waals surface area (Å²) in [5.74, 6) is -0.350. The van der Waals surface area contributed by atoms with Gasteiger partial charge < -0.3 is 20.6 Å². The van der Waals surface area contributed by atoms with Gasteiger partial charge in [0.15, 0.2) is 0 Å². The smallest absolute Gasteiger partial charge is 0.319 e. The number of halogens is 1. The average Bonchev–Trinajstić information content (AvgIpc) is 3.21. The Morgan fingerprint density at radius 3 is 2.72 bits per heavy atom. The molecule has 168 valence electrons. The number of aliphatic hydroxyl groups excluding tert-OH is 1. The topological polar surface area (TPSA) is 82.4 Å². The molecule has 0 aliphatic carbocycles. The monoisotopic (exact) mass is 437 g/mol. The van der Waals surface area contributed by atoms with Crippen molar-refractivity contribution in [1.82, 2.24) is 15.1 Å². The second kappa shape index (κ2) is 9.82. The quantitative estimate of drug-likeness (QED) is 0.546. The Kier molecular flexibility index (Phi) is 6.70. The number of carbonyl (C=O) groups is 1. The number of aromatic nitrogens is 2. The van der Waals surface area contributed by atoms with Gasteiger partial charge >= 0.3 is 6.03 Å². The minimum Gasteiger partial charge on any atom is -0.393 e. The summed E-state index contributed by atoms with van der Waals surface area (Å²) in [4.78, 5) is 14.7. The van der Waals surface area contributed by atoms with Crippen LogP contribution in [0.5, 0.6) is 0 Å². The maximum Gasteiger partial charge on any atom is 0.319 e. The van der Waals surface area contributed by atoms with Gasteiger partial charge in [0, 0.05) is 30.5 Å². The van der Waals surface area contributed by atoms with Gasteiger partial charge in [0.05, 0.1) is 30.6 Å². The van der Waals surface area contributed by atoms with Crippen LogP contribution in [-0.4, -0.2) is 40.1 Å². The molecule has 1 aliphatic rings. The minimum atomic E-state index is -0.410. The molecule has 3 N–H and O–H groups in total. The lowest BCUT2D eigenvalue weighted by molar-refractivity contribution is 0.145.